The number of hydrogen-bond acceptors (Lipinski definition) is 10. The number of amides is 1. The van der Waals surface area contributed by atoms with Gasteiger partial charge in [0.1, 0.15) is 31.8 Å². The summed E-state index contributed by atoms with van der Waals surface area (Å²) in [5.74, 6) is -2.33. The van der Waals surface area contributed by atoms with Crippen LogP contribution in [0.5, 0.6) is 0 Å². The molecule has 1 fully saturated rings. The number of ether oxygens (including phenoxy) is 4. The molecule has 0 aromatic rings. The van der Waals surface area contributed by atoms with E-state index in [4.69, 9.17) is 18.9 Å². The van der Waals surface area contributed by atoms with E-state index in [1.807, 2.05) is 6.92 Å². The van der Waals surface area contributed by atoms with Crippen molar-refractivity contribution in [3.63, 3.8) is 0 Å². The number of aliphatic imine (C=N–C) groups is 1. The maximum absolute atomic E-state index is 12.8. The van der Waals surface area contributed by atoms with E-state index < -0.39 is 55.8 Å². The van der Waals surface area contributed by atoms with Gasteiger partial charge in [-0.15, -0.1) is 0 Å². The lowest BCUT2D eigenvalue weighted by atomic mass is 9.62. The first-order chi connectivity index (χ1) is 17.3. The summed E-state index contributed by atoms with van der Waals surface area (Å²) in [7, 11) is 0. The van der Waals surface area contributed by atoms with Gasteiger partial charge in [-0.3, -0.25) is 0 Å². The number of nitrogens with one attached hydrogen (secondary N) is 1. The number of nitrogens with zero attached hydrogens (tertiary/aromatic N) is 1. The van der Waals surface area contributed by atoms with Crippen LogP contribution in [-0.2, 0) is 38.1 Å². The molecule has 11 nitrogen and oxygen atoms in total. The molecule has 0 aromatic carbocycles. The van der Waals surface area contributed by atoms with Crippen molar-refractivity contribution in [3.05, 3.63) is 38.0 Å². The van der Waals surface area contributed by atoms with Crippen molar-refractivity contribution in [1.29, 1.82) is 0 Å². The van der Waals surface area contributed by atoms with Crippen LogP contribution in [0.15, 0.2) is 43.0 Å². The standard InChI is InChI=1S/C26H36N2O9/c1-7-20(30)34-14-26(15-35-21(31)8-2,16-36-22(32)9-3)17-37-23(33)28-19-10-24(4,5)12-25(6,11-19)13-27-18-29/h7-9,19H,1-3,10-17H2,4-6H3,(H,28,33). The van der Waals surface area contributed by atoms with Gasteiger partial charge in [-0.1, -0.05) is 40.5 Å². The third-order valence-electron chi connectivity index (χ3n) is 5.86. The fraction of sp³-hybridized carbons (Fsp3) is 0.577. The molecule has 1 rings (SSSR count). The van der Waals surface area contributed by atoms with Gasteiger partial charge in [0.2, 0.25) is 6.08 Å². The second kappa shape index (κ2) is 14.1. The Morgan fingerprint density at radius 3 is 1.78 bits per heavy atom. The molecule has 0 aromatic heterocycles. The molecule has 1 amide bonds. The minimum absolute atomic E-state index is 0.135. The quantitative estimate of drug-likeness (QED) is 0.120. The fourth-order valence-corrected chi connectivity index (χ4v) is 4.61. The van der Waals surface area contributed by atoms with Gasteiger partial charge in [-0.05, 0) is 30.1 Å². The normalized spacial score (nSPS) is 20.2. The van der Waals surface area contributed by atoms with E-state index in [0.29, 0.717) is 12.8 Å². The highest BCUT2D eigenvalue weighted by Crippen LogP contribution is 2.46. The third-order valence-corrected chi connectivity index (χ3v) is 5.86. The first-order valence-electron chi connectivity index (χ1n) is 11.7. The fourth-order valence-electron chi connectivity index (χ4n) is 4.61. The first kappa shape index (κ1) is 31.3. The summed E-state index contributed by atoms with van der Waals surface area (Å²) < 4.78 is 20.8. The Morgan fingerprint density at radius 2 is 1.35 bits per heavy atom. The van der Waals surface area contributed by atoms with Gasteiger partial charge in [-0.25, -0.2) is 29.0 Å². The van der Waals surface area contributed by atoms with Gasteiger partial charge >= 0.3 is 24.0 Å². The van der Waals surface area contributed by atoms with Gasteiger partial charge < -0.3 is 24.3 Å². The van der Waals surface area contributed by atoms with Crippen LogP contribution >= 0.6 is 0 Å². The Labute approximate surface area is 216 Å². The molecule has 1 aliphatic rings. The van der Waals surface area contributed by atoms with Gasteiger partial charge in [0.05, 0.1) is 6.54 Å². The van der Waals surface area contributed by atoms with Crippen molar-refractivity contribution in [2.75, 3.05) is 33.0 Å². The first-order valence-corrected chi connectivity index (χ1v) is 11.7. The van der Waals surface area contributed by atoms with E-state index in [1.54, 1.807) is 6.08 Å². The lowest BCUT2D eigenvalue weighted by Gasteiger charge is -2.45. The van der Waals surface area contributed by atoms with Crippen LogP contribution in [0.3, 0.4) is 0 Å². The summed E-state index contributed by atoms with van der Waals surface area (Å²) in [6.07, 6.45) is 5.62. The molecule has 2 unspecified atom stereocenters. The molecule has 1 saturated carbocycles. The zero-order valence-corrected chi connectivity index (χ0v) is 21.7. The number of rotatable bonds is 14. The van der Waals surface area contributed by atoms with Crippen LogP contribution in [0, 0.1) is 16.2 Å². The lowest BCUT2D eigenvalue weighted by Crippen LogP contribution is -2.49. The Bertz CT molecular complexity index is 877. The topological polar surface area (TPSA) is 147 Å². The summed E-state index contributed by atoms with van der Waals surface area (Å²) in [5, 5.41) is 2.83. The molecule has 0 aliphatic heterocycles. The molecule has 37 heavy (non-hydrogen) atoms. The molecule has 0 bridgehead atoms. The van der Waals surface area contributed by atoms with Crippen LogP contribution in [0.1, 0.15) is 40.0 Å². The number of alkyl carbamates (subject to hydrolysis) is 1. The molecule has 204 valence electrons. The minimum atomic E-state index is -1.42. The molecule has 11 heteroatoms. The van der Waals surface area contributed by atoms with Crippen molar-refractivity contribution in [2.45, 2.75) is 46.1 Å². The smallest absolute Gasteiger partial charge is 0.407 e. The summed E-state index contributed by atoms with van der Waals surface area (Å²) >= 11 is 0. The SMILES string of the molecule is C=CC(=O)OCC(COC(=O)C=C)(COC(=O)C=C)COC(=O)NC1CC(C)(C)CC(C)(CN=C=O)C1. The highest BCUT2D eigenvalue weighted by atomic mass is 16.6. The average molecular weight is 521 g/mol. The highest BCUT2D eigenvalue weighted by molar-refractivity contribution is 5.82. The molecule has 0 spiro atoms. The molecule has 0 radical (unpaired) electrons. The summed E-state index contributed by atoms with van der Waals surface area (Å²) in [4.78, 5) is 62.3. The van der Waals surface area contributed by atoms with Crippen LogP contribution in [0.2, 0.25) is 0 Å². The highest BCUT2D eigenvalue weighted by Gasteiger charge is 2.42. The van der Waals surface area contributed by atoms with Crippen molar-refractivity contribution in [2.24, 2.45) is 21.2 Å². The van der Waals surface area contributed by atoms with E-state index in [0.717, 1.165) is 24.6 Å². The van der Waals surface area contributed by atoms with Crippen LogP contribution < -0.4 is 5.32 Å². The van der Waals surface area contributed by atoms with E-state index in [2.05, 4.69) is 43.9 Å². The molecule has 1 aliphatic carbocycles. The molecular formula is C26H36N2O9. The Balaban J connectivity index is 3.03. The predicted molar refractivity (Wildman–Crippen MR) is 133 cm³/mol. The van der Waals surface area contributed by atoms with Crippen molar-refractivity contribution in [1.82, 2.24) is 5.32 Å². The Kier molecular flexibility index (Phi) is 12.0. The lowest BCUT2D eigenvalue weighted by molar-refractivity contribution is -0.159. The molecule has 0 saturated heterocycles. The Morgan fingerprint density at radius 1 is 0.892 bits per heavy atom. The second-order valence-corrected chi connectivity index (χ2v) is 10.3. The van der Waals surface area contributed by atoms with Gasteiger partial charge in [0, 0.05) is 24.3 Å². The van der Waals surface area contributed by atoms with E-state index in [1.165, 1.54) is 0 Å². The maximum Gasteiger partial charge on any atom is 0.407 e. The Hall–Kier alpha value is -3.72. The van der Waals surface area contributed by atoms with E-state index in [9.17, 15) is 24.0 Å². The monoisotopic (exact) mass is 520 g/mol. The average Bonchev–Trinajstić information content (AvgIpc) is 2.84. The van der Waals surface area contributed by atoms with Crippen molar-refractivity contribution in [3.8, 4) is 0 Å². The number of esters is 3. The van der Waals surface area contributed by atoms with Crippen LogP contribution in [0.4, 0.5) is 4.79 Å². The summed E-state index contributed by atoms with van der Waals surface area (Å²) in [6, 6.07) is -0.270. The van der Waals surface area contributed by atoms with Gasteiger partial charge in [0.15, 0.2) is 0 Å². The molecular weight excluding hydrogens is 484 g/mol. The number of isocyanates is 1. The number of hydrogen-bond donors (Lipinski definition) is 1. The third kappa shape index (κ3) is 11.3. The van der Waals surface area contributed by atoms with Gasteiger partial charge in [0.25, 0.3) is 0 Å². The van der Waals surface area contributed by atoms with Crippen LogP contribution in [-0.4, -0.2) is 69.1 Å². The predicted octanol–water partition coefficient (Wildman–Crippen LogP) is 2.81. The maximum atomic E-state index is 12.8. The largest absolute Gasteiger partial charge is 0.462 e. The second-order valence-electron chi connectivity index (χ2n) is 10.3. The minimum Gasteiger partial charge on any atom is -0.462 e. The van der Waals surface area contributed by atoms with E-state index >= 15 is 0 Å². The van der Waals surface area contributed by atoms with E-state index in [-0.39, 0.29) is 23.4 Å². The van der Waals surface area contributed by atoms with Gasteiger partial charge in [-0.2, -0.15) is 0 Å². The zero-order valence-electron chi connectivity index (χ0n) is 21.7. The van der Waals surface area contributed by atoms with Crippen molar-refractivity contribution < 1.29 is 42.9 Å². The number of carbonyl (C=O) groups excluding carboxylic acids is 5. The summed E-state index contributed by atoms with van der Waals surface area (Å²) in [5.41, 5.74) is -1.88. The molecule has 1 N–H and O–H groups in total. The number of carbonyl (C=O) groups is 4. The van der Waals surface area contributed by atoms with Crippen molar-refractivity contribution >= 4 is 30.1 Å². The molecule has 2 atom stereocenters. The van der Waals surface area contributed by atoms with Crippen LogP contribution in [0.25, 0.3) is 0 Å². The molecule has 0 heterocycles. The summed E-state index contributed by atoms with van der Waals surface area (Å²) in [6.45, 7) is 14.7. The zero-order chi connectivity index (χ0) is 28.1.